The molecule has 3 rings (SSSR count). The molecule has 0 spiro atoms. The van der Waals surface area contributed by atoms with Crippen LogP contribution in [0.5, 0.6) is 11.5 Å². The van der Waals surface area contributed by atoms with Gasteiger partial charge >= 0.3 is 0 Å². The summed E-state index contributed by atoms with van der Waals surface area (Å²) in [4.78, 5) is 10.4. The number of nitrogens with one attached hydrogen (secondary N) is 1. The van der Waals surface area contributed by atoms with E-state index in [0.29, 0.717) is 34.6 Å². The zero-order valence-corrected chi connectivity index (χ0v) is 20.3. The Morgan fingerprint density at radius 1 is 1.09 bits per heavy atom. The summed E-state index contributed by atoms with van der Waals surface area (Å²) in [5.41, 5.74) is 2.78. The summed E-state index contributed by atoms with van der Waals surface area (Å²) in [6.45, 7) is 1.49. The third-order valence-electron chi connectivity index (χ3n) is 4.81. The molecule has 0 saturated carbocycles. The van der Waals surface area contributed by atoms with E-state index in [2.05, 4.69) is 21.2 Å². The lowest BCUT2D eigenvalue weighted by Gasteiger charge is -2.17. The van der Waals surface area contributed by atoms with Gasteiger partial charge in [-0.05, 0) is 60.5 Å². The molecule has 1 N–H and O–H groups in total. The first-order valence-corrected chi connectivity index (χ1v) is 11.3. The van der Waals surface area contributed by atoms with Crippen LogP contribution < -0.4 is 14.8 Å². The Kier molecular flexibility index (Phi) is 8.75. The highest BCUT2D eigenvalue weighted by Gasteiger charge is 2.15. The number of hydrogen-bond donors (Lipinski definition) is 1. The molecule has 0 bridgehead atoms. The number of ether oxygens (including phenoxy) is 2. The fraction of sp³-hybridized carbons (Fsp3) is 0.217. The van der Waals surface area contributed by atoms with Crippen molar-refractivity contribution in [3.8, 4) is 11.5 Å². The van der Waals surface area contributed by atoms with Crippen LogP contribution in [-0.2, 0) is 19.6 Å². The van der Waals surface area contributed by atoms with Gasteiger partial charge in [0, 0.05) is 38.8 Å². The summed E-state index contributed by atoms with van der Waals surface area (Å²) in [7, 11) is 1.59. The van der Waals surface area contributed by atoms with Crippen LogP contribution in [0.25, 0.3) is 0 Å². The third kappa shape index (κ3) is 6.36. The zero-order chi connectivity index (χ0) is 23.1. The minimum Gasteiger partial charge on any atom is -0.493 e. The van der Waals surface area contributed by atoms with Crippen LogP contribution in [0, 0.1) is 10.1 Å². The molecule has 3 aromatic rings. The molecule has 0 heterocycles. The van der Waals surface area contributed by atoms with Crippen molar-refractivity contribution in [3.63, 3.8) is 0 Å². The Hall–Kier alpha value is -2.32. The third-order valence-corrected chi connectivity index (χ3v) is 6.14. The summed E-state index contributed by atoms with van der Waals surface area (Å²) in [6, 6.07) is 15.5. The molecule has 32 heavy (non-hydrogen) atoms. The highest BCUT2D eigenvalue weighted by molar-refractivity contribution is 9.10. The number of rotatable bonds is 10. The normalized spacial score (nSPS) is 10.8. The Balaban J connectivity index is 1.67. The molecule has 0 fully saturated rings. The highest BCUT2D eigenvalue weighted by atomic mass is 79.9. The molecule has 0 atom stereocenters. The first-order chi connectivity index (χ1) is 15.4. The molecule has 0 unspecified atom stereocenters. The molecular weight excluding hydrogens is 519 g/mol. The quantitative estimate of drug-likeness (QED) is 0.179. The lowest BCUT2D eigenvalue weighted by molar-refractivity contribution is -0.384. The smallest absolute Gasteiger partial charge is 0.269 e. The van der Waals surface area contributed by atoms with Crippen LogP contribution in [-0.4, -0.2) is 18.6 Å². The van der Waals surface area contributed by atoms with E-state index < -0.39 is 4.92 Å². The second-order valence-corrected chi connectivity index (χ2v) is 8.63. The average Bonchev–Trinajstić information content (AvgIpc) is 2.77. The van der Waals surface area contributed by atoms with Gasteiger partial charge in [-0.2, -0.15) is 0 Å². The lowest BCUT2D eigenvalue weighted by Crippen LogP contribution is -2.18. The van der Waals surface area contributed by atoms with Gasteiger partial charge in [-0.25, -0.2) is 0 Å². The molecule has 3 aromatic carbocycles. The Bertz CT molecular complexity index is 1090. The monoisotopic (exact) mass is 538 g/mol. The molecule has 0 aliphatic rings. The topological polar surface area (TPSA) is 73.6 Å². The number of non-ortho nitro benzene ring substituents is 1. The number of nitrogens with zero attached hydrogens (tertiary/aromatic N) is 1. The van der Waals surface area contributed by atoms with E-state index in [9.17, 15) is 10.1 Å². The molecule has 0 radical (unpaired) electrons. The van der Waals surface area contributed by atoms with E-state index in [4.69, 9.17) is 32.7 Å². The maximum atomic E-state index is 10.8. The van der Waals surface area contributed by atoms with Gasteiger partial charge in [0.1, 0.15) is 6.61 Å². The van der Waals surface area contributed by atoms with E-state index in [1.54, 1.807) is 25.3 Å². The van der Waals surface area contributed by atoms with Crippen LogP contribution >= 0.6 is 39.1 Å². The van der Waals surface area contributed by atoms with Crippen molar-refractivity contribution in [1.82, 2.24) is 5.32 Å². The first kappa shape index (κ1) is 24.3. The molecule has 6 nitrogen and oxygen atoms in total. The van der Waals surface area contributed by atoms with Gasteiger partial charge in [-0.3, -0.25) is 10.1 Å². The van der Waals surface area contributed by atoms with Crippen LogP contribution in [0.1, 0.15) is 16.7 Å². The molecule has 0 saturated heterocycles. The molecule has 9 heteroatoms. The molecule has 0 aliphatic carbocycles. The Morgan fingerprint density at radius 2 is 1.84 bits per heavy atom. The number of nitro groups is 1. The second-order valence-electron chi connectivity index (χ2n) is 6.93. The summed E-state index contributed by atoms with van der Waals surface area (Å²) in [6.07, 6.45) is 0.747. The minimum atomic E-state index is -0.428. The predicted molar refractivity (Wildman–Crippen MR) is 130 cm³/mol. The van der Waals surface area contributed by atoms with Gasteiger partial charge in [-0.15, -0.1) is 0 Å². The van der Waals surface area contributed by atoms with Crippen molar-refractivity contribution in [2.45, 2.75) is 19.6 Å². The van der Waals surface area contributed by atoms with E-state index in [1.807, 2.05) is 24.3 Å². The SMILES string of the molecule is COc1ccc(Br)c(CNCCc2ccc(Cl)cc2Cl)c1OCc1ccc([N+](=O)[O-])cc1. The van der Waals surface area contributed by atoms with Gasteiger partial charge < -0.3 is 14.8 Å². The fourth-order valence-corrected chi connectivity index (χ4v) is 4.05. The van der Waals surface area contributed by atoms with Crippen LogP contribution in [0.15, 0.2) is 59.1 Å². The molecule has 168 valence electrons. The van der Waals surface area contributed by atoms with Crippen LogP contribution in [0.2, 0.25) is 10.0 Å². The number of benzene rings is 3. The van der Waals surface area contributed by atoms with Crippen LogP contribution in [0.4, 0.5) is 5.69 Å². The minimum absolute atomic E-state index is 0.0412. The van der Waals surface area contributed by atoms with Gasteiger partial charge in [0.2, 0.25) is 0 Å². The van der Waals surface area contributed by atoms with Gasteiger partial charge in [0.05, 0.1) is 12.0 Å². The van der Waals surface area contributed by atoms with Crippen molar-refractivity contribution in [1.29, 1.82) is 0 Å². The fourth-order valence-electron chi connectivity index (χ4n) is 3.10. The van der Waals surface area contributed by atoms with Crippen molar-refractivity contribution in [2.24, 2.45) is 0 Å². The summed E-state index contributed by atoms with van der Waals surface area (Å²) in [5.74, 6) is 1.21. The average molecular weight is 540 g/mol. The van der Waals surface area contributed by atoms with E-state index >= 15 is 0 Å². The standard InChI is InChI=1S/C23H21BrCl2N2O4/c1-31-22-9-8-20(24)19(13-27-11-10-16-4-5-17(25)12-21(16)26)23(22)32-14-15-2-6-18(7-3-15)28(29)30/h2-9,12,27H,10-11,13-14H2,1H3. The van der Waals surface area contributed by atoms with Crippen LogP contribution in [0.3, 0.4) is 0 Å². The number of hydrogen-bond acceptors (Lipinski definition) is 5. The molecular formula is C23H21BrCl2N2O4. The summed E-state index contributed by atoms with van der Waals surface area (Å²) < 4.78 is 12.4. The number of methoxy groups -OCH3 is 1. The number of halogens is 3. The second kappa shape index (κ2) is 11.5. The van der Waals surface area contributed by atoms with Gasteiger partial charge in [-0.1, -0.05) is 45.2 Å². The largest absolute Gasteiger partial charge is 0.493 e. The van der Waals surface area contributed by atoms with Gasteiger partial charge in [0.15, 0.2) is 11.5 Å². The maximum absolute atomic E-state index is 10.8. The summed E-state index contributed by atoms with van der Waals surface area (Å²) >= 11 is 15.8. The van der Waals surface area contributed by atoms with E-state index in [0.717, 1.165) is 27.6 Å². The summed E-state index contributed by atoms with van der Waals surface area (Å²) in [5, 5.41) is 15.5. The van der Waals surface area contributed by atoms with Crippen molar-refractivity contribution < 1.29 is 14.4 Å². The van der Waals surface area contributed by atoms with Gasteiger partial charge in [0.25, 0.3) is 5.69 Å². The van der Waals surface area contributed by atoms with E-state index in [-0.39, 0.29) is 12.3 Å². The Labute approximate surface area is 204 Å². The van der Waals surface area contributed by atoms with Crippen molar-refractivity contribution >= 4 is 44.8 Å². The predicted octanol–water partition coefficient (Wildman–Crippen LogP) is 6.58. The molecule has 0 aromatic heterocycles. The van der Waals surface area contributed by atoms with Crippen molar-refractivity contribution in [3.05, 3.63) is 95.9 Å². The zero-order valence-electron chi connectivity index (χ0n) is 17.2. The maximum Gasteiger partial charge on any atom is 0.269 e. The lowest BCUT2D eigenvalue weighted by atomic mass is 10.1. The molecule has 0 amide bonds. The first-order valence-electron chi connectivity index (χ1n) is 9.75. The molecule has 0 aliphatic heterocycles. The highest BCUT2D eigenvalue weighted by Crippen LogP contribution is 2.37. The number of nitro benzene ring substituents is 1. The Morgan fingerprint density at radius 3 is 2.50 bits per heavy atom. The van der Waals surface area contributed by atoms with Crippen molar-refractivity contribution in [2.75, 3.05) is 13.7 Å². The van der Waals surface area contributed by atoms with E-state index in [1.165, 1.54) is 12.1 Å².